The van der Waals surface area contributed by atoms with E-state index < -0.39 is 5.97 Å². The number of carboxylic acid groups (broad SMARTS) is 1. The van der Waals surface area contributed by atoms with E-state index in [0.29, 0.717) is 23.5 Å². The third-order valence-electron chi connectivity index (χ3n) is 3.78. The minimum absolute atomic E-state index is 0.0166. The molecule has 4 nitrogen and oxygen atoms in total. The van der Waals surface area contributed by atoms with Gasteiger partial charge in [-0.25, -0.2) is 4.39 Å². The van der Waals surface area contributed by atoms with Gasteiger partial charge in [0.05, 0.1) is 5.75 Å². The first-order chi connectivity index (χ1) is 11.8. The fourth-order valence-electron chi connectivity index (χ4n) is 2.79. The highest BCUT2D eigenvalue weighted by Gasteiger charge is 2.32. The van der Waals surface area contributed by atoms with Crippen LogP contribution >= 0.6 is 11.8 Å². The van der Waals surface area contributed by atoms with Gasteiger partial charge in [0.1, 0.15) is 29.5 Å². The number of hydrogen-bond donors (Lipinski definition) is 1. The highest BCUT2D eigenvalue weighted by molar-refractivity contribution is 8.00. The van der Waals surface area contributed by atoms with E-state index in [0.717, 1.165) is 10.5 Å². The maximum Gasteiger partial charge on any atom is 0.313 e. The molecule has 6 heteroatoms. The van der Waals surface area contributed by atoms with Crippen molar-refractivity contribution in [2.24, 2.45) is 0 Å². The Morgan fingerprint density at radius 3 is 2.72 bits per heavy atom. The normalized spacial score (nSPS) is 14.7. The largest absolute Gasteiger partial charge is 0.489 e. The minimum Gasteiger partial charge on any atom is -0.489 e. The van der Waals surface area contributed by atoms with Crippen molar-refractivity contribution in [3.63, 3.8) is 0 Å². The Hall–Kier alpha value is -2.21. The highest BCUT2D eigenvalue weighted by atomic mass is 32.2. The molecule has 0 atom stereocenters. The third kappa shape index (κ3) is 4.45. The molecular weight excluding hydrogens is 343 g/mol. The van der Waals surface area contributed by atoms with E-state index in [4.69, 9.17) is 14.6 Å². The van der Waals surface area contributed by atoms with Gasteiger partial charge in [0.25, 0.3) is 0 Å². The van der Waals surface area contributed by atoms with E-state index in [1.165, 1.54) is 23.9 Å². The topological polar surface area (TPSA) is 55.8 Å². The van der Waals surface area contributed by atoms with Crippen LogP contribution in [0.25, 0.3) is 0 Å². The van der Waals surface area contributed by atoms with Crippen LogP contribution < -0.4 is 9.47 Å². The summed E-state index contributed by atoms with van der Waals surface area (Å²) in [5, 5.41) is 8.69. The lowest BCUT2D eigenvalue weighted by Crippen LogP contribution is -2.25. The van der Waals surface area contributed by atoms with Gasteiger partial charge in [-0.05, 0) is 50.2 Å². The van der Waals surface area contributed by atoms with Crippen molar-refractivity contribution in [2.45, 2.75) is 37.4 Å². The fraction of sp³-hybridized carbons (Fsp3) is 0.316. The van der Waals surface area contributed by atoms with Crippen LogP contribution in [0.3, 0.4) is 0 Å². The Morgan fingerprint density at radius 2 is 2.04 bits per heavy atom. The lowest BCUT2D eigenvalue weighted by molar-refractivity contribution is -0.133. The standard InChI is InChI=1S/C19H19FO4S/c1-19(2)9-12-7-14(20)8-13(18(12)24-19)10-23-15-3-5-16(6-4-15)25-11-17(21)22/h3-8H,9-11H2,1-2H3,(H,21,22). The first-order valence-electron chi connectivity index (χ1n) is 7.90. The molecule has 0 fully saturated rings. The third-order valence-corrected chi connectivity index (χ3v) is 4.78. The van der Waals surface area contributed by atoms with E-state index in [1.807, 2.05) is 13.8 Å². The van der Waals surface area contributed by atoms with Crippen molar-refractivity contribution in [1.29, 1.82) is 0 Å². The summed E-state index contributed by atoms with van der Waals surface area (Å²) in [4.78, 5) is 11.4. The molecule has 1 aliphatic rings. The van der Waals surface area contributed by atoms with Gasteiger partial charge in [0.2, 0.25) is 0 Å². The molecule has 3 rings (SSSR count). The number of hydrogen-bond acceptors (Lipinski definition) is 4. The number of thioether (sulfide) groups is 1. The minimum atomic E-state index is -0.854. The average Bonchev–Trinajstić information content (AvgIpc) is 2.85. The second kappa shape index (κ2) is 6.96. The zero-order valence-corrected chi connectivity index (χ0v) is 14.9. The maximum atomic E-state index is 13.8. The average molecular weight is 362 g/mol. The molecule has 132 valence electrons. The number of benzene rings is 2. The van der Waals surface area contributed by atoms with Gasteiger partial charge in [-0.3, -0.25) is 4.79 Å². The first-order valence-corrected chi connectivity index (χ1v) is 8.89. The van der Waals surface area contributed by atoms with Gasteiger partial charge in [-0.2, -0.15) is 0 Å². The summed E-state index contributed by atoms with van der Waals surface area (Å²) in [7, 11) is 0. The van der Waals surface area contributed by atoms with Crippen molar-refractivity contribution < 1.29 is 23.8 Å². The van der Waals surface area contributed by atoms with Crippen LogP contribution in [0.1, 0.15) is 25.0 Å². The Labute approximate surface area is 150 Å². The van der Waals surface area contributed by atoms with Gasteiger partial charge < -0.3 is 14.6 Å². The molecule has 0 saturated carbocycles. The molecule has 0 radical (unpaired) electrons. The van der Waals surface area contributed by atoms with E-state index in [2.05, 4.69) is 0 Å². The summed E-state index contributed by atoms with van der Waals surface area (Å²) >= 11 is 1.25. The molecule has 0 amide bonds. The summed E-state index contributed by atoms with van der Waals surface area (Å²) < 4.78 is 25.5. The van der Waals surface area contributed by atoms with E-state index in [9.17, 15) is 9.18 Å². The van der Waals surface area contributed by atoms with Gasteiger partial charge in [0, 0.05) is 22.4 Å². The smallest absolute Gasteiger partial charge is 0.313 e. The van der Waals surface area contributed by atoms with Gasteiger partial charge in [-0.15, -0.1) is 11.8 Å². The monoisotopic (exact) mass is 362 g/mol. The molecule has 0 saturated heterocycles. The quantitative estimate of drug-likeness (QED) is 0.777. The Bertz CT molecular complexity index is 787. The second-order valence-electron chi connectivity index (χ2n) is 6.53. The number of carbonyl (C=O) groups is 1. The predicted molar refractivity (Wildman–Crippen MR) is 93.9 cm³/mol. The van der Waals surface area contributed by atoms with E-state index >= 15 is 0 Å². The van der Waals surface area contributed by atoms with Crippen LogP contribution in [0.15, 0.2) is 41.3 Å². The lowest BCUT2D eigenvalue weighted by Gasteiger charge is -2.18. The molecule has 0 aliphatic carbocycles. The van der Waals surface area contributed by atoms with Crippen molar-refractivity contribution in [2.75, 3.05) is 5.75 Å². The molecule has 0 aromatic heterocycles. The van der Waals surface area contributed by atoms with Crippen LogP contribution in [0.2, 0.25) is 0 Å². The molecule has 2 aromatic carbocycles. The molecule has 0 unspecified atom stereocenters. The SMILES string of the molecule is CC1(C)Cc2cc(F)cc(COc3ccc(SCC(=O)O)cc3)c2O1. The Balaban J connectivity index is 1.67. The van der Waals surface area contributed by atoms with Crippen LogP contribution in [-0.4, -0.2) is 22.4 Å². The highest BCUT2D eigenvalue weighted by Crippen LogP contribution is 2.38. The molecule has 1 N–H and O–H groups in total. The molecular formula is C19H19FO4S. The van der Waals surface area contributed by atoms with Crippen molar-refractivity contribution in [3.05, 3.63) is 53.3 Å². The van der Waals surface area contributed by atoms with E-state index in [1.54, 1.807) is 24.3 Å². The van der Waals surface area contributed by atoms with Crippen molar-refractivity contribution in [3.8, 4) is 11.5 Å². The fourth-order valence-corrected chi connectivity index (χ4v) is 3.41. The summed E-state index contributed by atoms with van der Waals surface area (Å²) in [6, 6.07) is 10.1. The maximum absolute atomic E-state index is 13.8. The number of aliphatic carboxylic acids is 1. The number of rotatable bonds is 6. The molecule has 0 spiro atoms. The van der Waals surface area contributed by atoms with Gasteiger partial charge >= 0.3 is 5.97 Å². The van der Waals surface area contributed by atoms with Crippen LogP contribution in [0.4, 0.5) is 4.39 Å². The van der Waals surface area contributed by atoms with Gasteiger partial charge in [0.15, 0.2) is 0 Å². The predicted octanol–water partition coefficient (Wildman–Crippen LogP) is 4.29. The molecule has 2 aromatic rings. The van der Waals surface area contributed by atoms with Crippen LogP contribution in [-0.2, 0) is 17.8 Å². The zero-order valence-electron chi connectivity index (χ0n) is 14.0. The summed E-state index contributed by atoms with van der Waals surface area (Å²) in [6.07, 6.45) is 0.669. The molecule has 1 heterocycles. The second-order valence-corrected chi connectivity index (χ2v) is 7.58. The lowest BCUT2D eigenvalue weighted by atomic mass is 10.0. The summed E-state index contributed by atoms with van der Waals surface area (Å²) in [5.41, 5.74) is 1.21. The molecule has 1 aliphatic heterocycles. The number of ether oxygens (including phenoxy) is 2. The van der Waals surface area contributed by atoms with Crippen LogP contribution in [0.5, 0.6) is 11.5 Å². The summed E-state index contributed by atoms with van der Waals surface area (Å²) in [5.74, 6) is 0.213. The van der Waals surface area contributed by atoms with Crippen molar-refractivity contribution in [1.82, 2.24) is 0 Å². The Kier molecular flexibility index (Phi) is 4.90. The molecule has 0 bridgehead atoms. The number of halogens is 1. The van der Waals surface area contributed by atoms with E-state index in [-0.39, 0.29) is 23.8 Å². The number of fused-ring (bicyclic) bond motifs is 1. The summed E-state index contributed by atoms with van der Waals surface area (Å²) in [6.45, 7) is 4.16. The Morgan fingerprint density at radius 1 is 1.32 bits per heavy atom. The number of carboxylic acids is 1. The first kappa shape index (κ1) is 17.6. The van der Waals surface area contributed by atoms with Crippen molar-refractivity contribution >= 4 is 17.7 Å². The molecule has 25 heavy (non-hydrogen) atoms. The zero-order chi connectivity index (χ0) is 18.0. The van der Waals surface area contributed by atoms with Gasteiger partial charge in [-0.1, -0.05) is 0 Å². The van der Waals surface area contributed by atoms with Crippen LogP contribution in [0, 0.1) is 5.82 Å².